The lowest BCUT2D eigenvalue weighted by atomic mass is 10.2. The van der Waals surface area contributed by atoms with Crippen molar-refractivity contribution < 1.29 is 23.1 Å². The molecule has 1 rings (SSSR count). The molecule has 0 atom stereocenters. The molecular weight excluding hydrogens is 267 g/mol. The zero-order chi connectivity index (χ0) is 13.6. The van der Waals surface area contributed by atoms with E-state index in [4.69, 9.17) is 5.11 Å². The smallest absolute Gasteiger partial charge is 0.392 e. The lowest BCUT2D eigenvalue weighted by Gasteiger charge is -2.08. The molecule has 1 aromatic carbocycles. The molecular formula is C11H12F3NO2S. The molecule has 18 heavy (non-hydrogen) atoms. The molecule has 100 valence electrons. The molecule has 0 fully saturated rings. The molecule has 1 amide bonds. The summed E-state index contributed by atoms with van der Waals surface area (Å²) in [6, 6.07) is 6.78. The van der Waals surface area contributed by atoms with Crippen LogP contribution in [0.3, 0.4) is 0 Å². The molecule has 0 unspecified atom stereocenters. The largest absolute Gasteiger partial charge is 0.405 e. The highest BCUT2D eigenvalue weighted by Gasteiger charge is 2.27. The molecule has 0 aliphatic rings. The number of alkyl halides is 3. The van der Waals surface area contributed by atoms with Gasteiger partial charge in [0.1, 0.15) is 6.54 Å². The van der Waals surface area contributed by atoms with Gasteiger partial charge in [-0.1, -0.05) is 12.1 Å². The van der Waals surface area contributed by atoms with Crippen molar-refractivity contribution in [3.05, 3.63) is 29.8 Å². The van der Waals surface area contributed by atoms with Gasteiger partial charge in [0, 0.05) is 4.90 Å². The van der Waals surface area contributed by atoms with Gasteiger partial charge in [-0.05, 0) is 17.7 Å². The van der Waals surface area contributed by atoms with Gasteiger partial charge in [-0.25, -0.2) is 0 Å². The predicted octanol–water partition coefficient (Wildman–Crippen LogP) is 1.95. The van der Waals surface area contributed by atoms with Crippen LogP contribution in [0.2, 0.25) is 0 Å². The summed E-state index contributed by atoms with van der Waals surface area (Å²) >= 11 is 1.14. The number of halogens is 3. The Labute approximate surface area is 106 Å². The van der Waals surface area contributed by atoms with Crippen molar-refractivity contribution in [3.8, 4) is 0 Å². The number of rotatable bonds is 5. The Hall–Kier alpha value is -1.21. The molecule has 1 aromatic rings. The van der Waals surface area contributed by atoms with Crippen molar-refractivity contribution in [2.24, 2.45) is 0 Å². The van der Waals surface area contributed by atoms with Crippen LogP contribution >= 0.6 is 11.8 Å². The first-order valence-electron chi connectivity index (χ1n) is 5.07. The van der Waals surface area contributed by atoms with Gasteiger partial charge in [-0.2, -0.15) is 13.2 Å². The summed E-state index contributed by atoms with van der Waals surface area (Å²) in [6.45, 7) is -1.38. The van der Waals surface area contributed by atoms with Crippen LogP contribution in [0.25, 0.3) is 0 Å². The fourth-order valence-electron chi connectivity index (χ4n) is 1.09. The number of carbonyl (C=O) groups excluding carboxylic acids is 1. The molecule has 0 saturated heterocycles. The van der Waals surface area contributed by atoms with Gasteiger partial charge in [0.2, 0.25) is 5.91 Å². The van der Waals surface area contributed by atoms with Gasteiger partial charge in [0.15, 0.2) is 0 Å². The average molecular weight is 279 g/mol. The van der Waals surface area contributed by atoms with Gasteiger partial charge >= 0.3 is 6.18 Å². The first kappa shape index (κ1) is 14.8. The predicted molar refractivity (Wildman–Crippen MR) is 62.2 cm³/mol. The van der Waals surface area contributed by atoms with Crippen LogP contribution in [0.4, 0.5) is 13.2 Å². The molecule has 0 bridgehead atoms. The van der Waals surface area contributed by atoms with E-state index in [1.54, 1.807) is 29.6 Å². The summed E-state index contributed by atoms with van der Waals surface area (Å²) in [5.41, 5.74) is 0.737. The summed E-state index contributed by atoms with van der Waals surface area (Å²) in [6.07, 6.45) is -4.39. The number of thioether (sulfide) groups is 1. The Morgan fingerprint density at radius 3 is 2.39 bits per heavy atom. The van der Waals surface area contributed by atoms with E-state index in [9.17, 15) is 18.0 Å². The van der Waals surface area contributed by atoms with Crippen LogP contribution in [0, 0.1) is 0 Å². The number of amides is 1. The van der Waals surface area contributed by atoms with Gasteiger partial charge in [0.25, 0.3) is 0 Å². The van der Waals surface area contributed by atoms with Crippen LogP contribution in [0.5, 0.6) is 0 Å². The van der Waals surface area contributed by atoms with E-state index in [0.717, 1.165) is 22.2 Å². The first-order chi connectivity index (χ1) is 8.40. The number of carbonyl (C=O) groups is 1. The third-order valence-electron chi connectivity index (χ3n) is 1.96. The van der Waals surface area contributed by atoms with Crippen molar-refractivity contribution >= 4 is 17.7 Å². The van der Waals surface area contributed by atoms with Crippen molar-refractivity contribution in [2.45, 2.75) is 17.7 Å². The monoisotopic (exact) mass is 279 g/mol. The van der Waals surface area contributed by atoms with Crippen molar-refractivity contribution in [2.75, 3.05) is 12.3 Å². The van der Waals surface area contributed by atoms with Gasteiger partial charge in [0.05, 0.1) is 12.4 Å². The number of hydrogen-bond donors (Lipinski definition) is 2. The summed E-state index contributed by atoms with van der Waals surface area (Å²) in [5.74, 6) is -0.738. The van der Waals surface area contributed by atoms with Crippen LogP contribution in [-0.4, -0.2) is 29.5 Å². The Morgan fingerprint density at radius 2 is 1.89 bits per heavy atom. The van der Waals surface area contributed by atoms with E-state index >= 15 is 0 Å². The third-order valence-corrected chi connectivity index (χ3v) is 2.97. The minimum absolute atomic E-state index is 0.0724. The van der Waals surface area contributed by atoms with Crippen LogP contribution in [0.1, 0.15) is 5.56 Å². The molecule has 0 spiro atoms. The Balaban J connectivity index is 2.33. The van der Waals surface area contributed by atoms with Crippen molar-refractivity contribution in [1.29, 1.82) is 0 Å². The minimum atomic E-state index is -4.39. The molecule has 0 radical (unpaired) electrons. The fraction of sp³-hybridized carbons (Fsp3) is 0.364. The van der Waals surface area contributed by atoms with E-state index in [1.165, 1.54) is 0 Å². The molecule has 2 N–H and O–H groups in total. The number of aliphatic hydroxyl groups excluding tert-OH is 1. The van der Waals surface area contributed by atoms with E-state index in [1.807, 2.05) is 0 Å². The first-order valence-corrected chi connectivity index (χ1v) is 6.05. The van der Waals surface area contributed by atoms with Gasteiger partial charge in [-0.15, -0.1) is 11.8 Å². The fourth-order valence-corrected chi connectivity index (χ4v) is 1.82. The highest BCUT2D eigenvalue weighted by molar-refractivity contribution is 8.00. The SMILES string of the molecule is O=C(CSc1ccc(CO)cc1)NCC(F)(F)F. The average Bonchev–Trinajstić information content (AvgIpc) is 2.33. The van der Waals surface area contributed by atoms with Crippen LogP contribution in [-0.2, 0) is 11.4 Å². The Morgan fingerprint density at radius 1 is 1.28 bits per heavy atom. The summed E-state index contributed by atoms with van der Waals surface area (Å²) in [7, 11) is 0. The molecule has 0 saturated carbocycles. The normalized spacial score (nSPS) is 11.3. The Kier molecular flexibility index (Phi) is 5.49. The van der Waals surface area contributed by atoms with Crippen LogP contribution < -0.4 is 5.32 Å². The quantitative estimate of drug-likeness (QED) is 0.810. The zero-order valence-corrected chi connectivity index (χ0v) is 10.1. The second-order valence-corrected chi connectivity index (χ2v) is 4.53. The molecule has 0 aliphatic heterocycles. The van der Waals surface area contributed by atoms with Gasteiger partial charge < -0.3 is 10.4 Å². The minimum Gasteiger partial charge on any atom is -0.392 e. The molecule has 0 heterocycles. The lowest BCUT2D eigenvalue weighted by molar-refractivity contribution is -0.136. The second kappa shape index (κ2) is 6.65. The molecule has 3 nitrogen and oxygen atoms in total. The Bertz CT molecular complexity index is 392. The maximum absolute atomic E-state index is 11.8. The van der Waals surface area contributed by atoms with E-state index in [2.05, 4.69) is 0 Å². The van der Waals surface area contributed by atoms with E-state index in [0.29, 0.717) is 0 Å². The standard InChI is InChI=1S/C11H12F3NO2S/c12-11(13,14)7-15-10(17)6-18-9-3-1-8(5-16)2-4-9/h1-4,16H,5-7H2,(H,15,17). The second-order valence-electron chi connectivity index (χ2n) is 3.48. The zero-order valence-electron chi connectivity index (χ0n) is 9.33. The van der Waals surface area contributed by atoms with Gasteiger partial charge in [-0.3, -0.25) is 4.79 Å². The van der Waals surface area contributed by atoms with Crippen molar-refractivity contribution in [1.82, 2.24) is 5.32 Å². The topological polar surface area (TPSA) is 49.3 Å². The number of hydrogen-bond acceptors (Lipinski definition) is 3. The molecule has 0 aromatic heterocycles. The van der Waals surface area contributed by atoms with Crippen LogP contribution in [0.15, 0.2) is 29.2 Å². The maximum atomic E-state index is 11.8. The molecule has 0 aliphatic carbocycles. The highest BCUT2D eigenvalue weighted by atomic mass is 32.2. The summed E-state index contributed by atoms with van der Waals surface area (Å²) in [5, 5.41) is 10.6. The highest BCUT2D eigenvalue weighted by Crippen LogP contribution is 2.18. The summed E-state index contributed by atoms with van der Waals surface area (Å²) in [4.78, 5) is 11.9. The number of nitrogens with one attached hydrogen (secondary N) is 1. The summed E-state index contributed by atoms with van der Waals surface area (Å²) < 4.78 is 35.5. The number of benzene rings is 1. The van der Waals surface area contributed by atoms with E-state index < -0.39 is 18.6 Å². The van der Waals surface area contributed by atoms with Crippen molar-refractivity contribution in [3.63, 3.8) is 0 Å². The molecule has 7 heteroatoms. The lowest BCUT2D eigenvalue weighted by Crippen LogP contribution is -2.34. The van der Waals surface area contributed by atoms with E-state index in [-0.39, 0.29) is 12.4 Å². The number of aliphatic hydroxyl groups is 1. The third kappa shape index (κ3) is 5.92. The maximum Gasteiger partial charge on any atom is 0.405 e.